The van der Waals surface area contributed by atoms with Crippen LogP contribution in [0.25, 0.3) is 10.8 Å². The summed E-state index contributed by atoms with van der Waals surface area (Å²) in [7, 11) is 0. The summed E-state index contributed by atoms with van der Waals surface area (Å²) in [4.78, 5) is 37.7. The first-order valence-electron chi connectivity index (χ1n) is 9.69. The lowest BCUT2D eigenvalue weighted by atomic mass is 10.0. The van der Waals surface area contributed by atoms with Crippen LogP contribution in [0.3, 0.4) is 0 Å². The lowest BCUT2D eigenvalue weighted by Crippen LogP contribution is -2.16. The highest BCUT2D eigenvalue weighted by Crippen LogP contribution is 2.34. The Morgan fingerprint density at radius 2 is 1.60 bits per heavy atom. The highest BCUT2D eigenvalue weighted by Gasteiger charge is 2.27. The van der Waals surface area contributed by atoms with Crippen molar-refractivity contribution in [1.82, 2.24) is 0 Å². The van der Waals surface area contributed by atoms with E-state index in [1.807, 2.05) is 42.5 Å². The number of carbonyl (C=O) groups excluding carboxylic acids is 3. The Hall–Kier alpha value is -3.19. The first-order valence-corrected chi connectivity index (χ1v) is 10.5. The molecule has 3 rings (SSSR count). The molecule has 0 unspecified atom stereocenters. The van der Waals surface area contributed by atoms with Crippen LogP contribution in [-0.4, -0.2) is 31.1 Å². The number of hydrogen-bond acceptors (Lipinski definition) is 6. The smallest absolute Gasteiger partial charge is 0.348 e. The second-order valence-electron chi connectivity index (χ2n) is 6.61. The van der Waals surface area contributed by atoms with E-state index in [-0.39, 0.29) is 36.0 Å². The molecule has 0 bridgehead atoms. The molecule has 30 heavy (non-hydrogen) atoms. The summed E-state index contributed by atoms with van der Waals surface area (Å²) >= 11 is 1.02. The molecule has 1 aromatic heterocycles. The van der Waals surface area contributed by atoms with E-state index in [1.54, 1.807) is 20.8 Å². The van der Waals surface area contributed by atoms with Crippen LogP contribution < -0.4 is 5.32 Å². The molecule has 0 saturated heterocycles. The van der Waals surface area contributed by atoms with E-state index < -0.39 is 11.9 Å². The van der Waals surface area contributed by atoms with Crippen LogP contribution in [0.1, 0.15) is 45.0 Å². The fourth-order valence-corrected chi connectivity index (χ4v) is 4.25. The fraction of sp³-hybridized carbons (Fsp3) is 0.261. The molecule has 1 amide bonds. The summed E-state index contributed by atoms with van der Waals surface area (Å²) in [6.45, 7) is 5.46. The number of ether oxygens (including phenoxy) is 2. The summed E-state index contributed by atoms with van der Waals surface area (Å²) < 4.78 is 10.2. The van der Waals surface area contributed by atoms with Crippen molar-refractivity contribution < 1.29 is 23.9 Å². The number of anilines is 1. The van der Waals surface area contributed by atoms with Crippen LogP contribution in [0.15, 0.2) is 42.5 Å². The Balaban J connectivity index is 1.85. The maximum absolute atomic E-state index is 12.7. The summed E-state index contributed by atoms with van der Waals surface area (Å²) in [5.74, 6) is -1.39. The molecule has 0 aliphatic rings. The lowest BCUT2D eigenvalue weighted by molar-refractivity contribution is -0.115. The molecule has 3 aromatic rings. The van der Waals surface area contributed by atoms with E-state index in [9.17, 15) is 14.4 Å². The van der Waals surface area contributed by atoms with Crippen LogP contribution in [-0.2, 0) is 20.7 Å². The molecule has 0 aliphatic carbocycles. The van der Waals surface area contributed by atoms with Gasteiger partial charge in [-0.15, -0.1) is 11.3 Å². The average Bonchev–Trinajstić information content (AvgIpc) is 3.04. The normalized spacial score (nSPS) is 10.6. The molecule has 1 heterocycles. The number of nitrogens with one attached hydrogen (secondary N) is 1. The molecule has 0 fully saturated rings. The average molecular weight is 426 g/mol. The van der Waals surface area contributed by atoms with Crippen molar-refractivity contribution in [2.24, 2.45) is 0 Å². The van der Waals surface area contributed by atoms with Crippen LogP contribution in [0, 0.1) is 6.92 Å². The van der Waals surface area contributed by atoms with Crippen LogP contribution >= 0.6 is 11.3 Å². The Bertz CT molecular complexity index is 1100. The minimum absolute atomic E-state index is 0.138. The molecule has 0 radical (unpaired) electrons. The number of esters is 2. The zero-order valence-corrected chi connectivity index (χ0v) is 17.9. The molecule has 0 spiro atoms. The summed E-state index contributed by atoms with van der Waals surface area (Å²) in [6, 6.07) is 13.7. The van der Waals surface area contributed by atoms with E-state index in [2.05, 4.69) is 5.32 Å². The minimum Gasteiger partial charge on any atom is -0.462 e. The first kappa shape index (κ1) is 21.5. The predicted molar refractivity (Wildman–Crippen MR) is 117 cm³/mol. The Morgan fingerprint density at radius 3 is 2.30 bits per heavy atom. The largest absolute Gasteiger partial charge is 0.462 e. The van der Waals surface area contributed by atoms with E-state index in [1.165, 1.54) is 0 Å². The van der Waals surface area contributed by atoms with Gasteiger partial charge >= 0.3 is 11.9 Å². The van der Waals surface area contributed by atoms with Gasteiger partial charge in [-0.25, -0.2) is 9.59 Å². The first-order chi connectivity index (χ1) is 14.4. The van der Waals surface area contributed by atoms with Gasteiger partial charge in [0.2, 0.25) is 5.91 Å². The van der Waals surface area contributed by atoms with Gasteiger partial charge < -0.3 is 14.8 Å². The Labute approximate surface area is 178 Å². The monoisotopic (exact) mass is 425 g/mol. The standard InChI is InChI=1S/C23H23NO5S/c1-4-28-22(26)19-14(3)20(23(27)29-5-2)30-21(19)24-18(25)13-15-10-11-16-8-6-7-9-17(16)12-15/h6-12H,4-5,13H2,1-3H3,(H,24,25). The molecule has 1 N–H and O–H groups in total. The van der Waals surface area contributed by atoms with Crippen molar-refractivity contribution in [3.63, 3.8) is 0 Å². The number of thiophene rings is 1. The molecule has 2 aromatic carbocycles. The third-order valence-electron chi connectivity index (χ3n) is 4.52. The topological polar surface area (TPSA) is 81.7 Å². The third kappa shape index (κ3) is 4.68. The van der Waals surface area contributed by atoms with Crippen LogP contribution in [0.5, 0.6) is 0 Å². The number of carbonyl (C=O) groups is 3. The van der Waals surface area contributed by atoms with Crippen molar-refractivity contribution in [1.29, 1.82) is 0 Å². The van der Waals surface area contributed by atoms with E-state index in [0.717, 1.165) is 27.7 Å². The predicted octanol–water partition coefficient (Wildman–Crippen LogP) is 4.74. The molecule has 0 saturated carbocycles. The zero-order chi connectivity index (χ0) is 21.7. The van der Waals surface area contributed by atoms with Crippen molar-refractivity contribution in [3.8, 4) is 0 Å². The second kappa shape index (κ2) is 9.54. The van der Waals surface area contributed by atoms with Gasteiger partial charge in [-0.3, -0.25) is 4.79 Å². The molecule has 156 valence electrons. The van der Waals surface area contributed by atoms with Gasteiger partial charge in [0.25, 0.3) is 0 Å². The Morgan fingerprint density at radius 1 is 0.933 bits per heavy atom. The van der Waals surface area contributed by atoms with Gasteiger partial charge in [0.05, 0.1) is 25.2 Å². The minimum atomic E-state index is -0.581. The van der Waals surface area contributed by atoms with E-state index in [0.29, 0.717) is 10.6 Å². The third-order valence-corrected chi connectivity index (χ3v) is 5.71. The van der Waals surface area contributed by atoms with Crippen molar-refractivity contribution in [2.75, 3.05) is 18.5 Å². The highest BCUT2D eigenvalue weighted by atomic mass is 32.1. The summed E-state index contributed by atoms with van der Waals surface area (Å²) in [5, 5.41) is 5.21. The van der Waals surface area contributed by atoms with Gasteiger partial charge in [-0.05, 0) is 42.7 Å². The van der Waals surface area contributed by atoms with Crippen molar-refractivity contribution in [3.05, 3.63) is 64.0 Å². The molecular weight excluding hydrogens is 402 g/mol. The van der Waals surface area contributed by atoms with Gasteiger partial charge in [-0.2, -0.15) is 0 Å². The highest BCUT2D eigenvalue weighted by molar-refractivity contribution is 7.18. The van der Waals surface area contributed by atoms with Gasteiger partial charge in [0.1, 0.15) is 9.88 Å². The van der Waals surface area contributed by atoms with E-state index in [4.69, 9.17) is 9.47 Å². The number of amides is 1. The quantitative estimate of drug-likeness (QED) is 0.553. The number of hydrogen-bond donors (Lipinski definition) is 1. The number of rotatable bonds is 7. The number of fused-ring (bicyclic) bond motifs is 1. The molecule has 6 nitrogen and oxygen atoms in total. The fourth-order valence-electron chi connectivity index (χ4n) is 3.15. The molecular formula is C23H23NO5S. The maximum atomic E-state index is 12.7. The van der Waals surface area contributed by atoms with Gasteiger partial charge in [0.15, 0.2) is 0 Å². The van der Waals surface area contributed by atoms with Crippen molar-refractivity contribution >= 4 is 45.0 Å². The SMILES string of the molecule is CCOC(=O)c1sc(NC(=O)Cc2ccc3ccccc3c2)c(C(=O)OCC)c1C. The van der Waals surface area contributed by atoms with Gasteiger partial charge in [0, 0.05) is 0 Å². The lowest BCUT2D eigenvalue weighted by Gasteiger charge is -2.08. The van der Waals surface area contributed by atoms with Crippen LogP contribution in [0.4, 0.5) is 5.00 Å². The second-order valence-corrected chi connectivity index (χ2v) is 7.63. The van der Waals surface area contributed by atoms with E-state index >= 15 is 0 Å². The summed E-state index contributed by atoms with van der Waals surface area (Å²) in [5.41, 5.74) is 1.48. The van der Waals surface area contributed by atoms with Gasteiger partial charge in [-0.1, -0.05) is 42.5 Å². The van der Waals surface area contributed by atoms with Crippen LogP contribution in [0.2, 0.25) is 0 Å². The maximum Gasteiger partial charge on any atom is 0.348 e. The molecule has 7 heteroatoms. The Kier molecular flexibility index (Phi) is 6.84. The molecule has 0 atom stereocenters. The summed E-state index contributed by atoms with van der Waals surface area (Å²) in [6.07, 6.45) is 0.138. The van der Waals surface area contributed by atoms with Crippen molar-refractivity contribution in [2.45, 2.75) is 27.2 Å². The molecule has 0 aliphatic heterocycles. The zero-order valence-electron chi connectivity index (χ0n) is 17.1. The number of benzene rings is 2.